The predicted octanol–water partition coefficient (Wildman–Crippen LogP) is 2.70. The molecule has 1 aromatic heterocycles. The van der Waals surface area contributed by atoms with E-state index in [1.165, 1.54) is 0 Å². The van der Waals surface area contributed by atoms with E-state index in [0.717, 1.165) is 0 Å². The van der Waals surface area contributed by atoms with Crippen LogP contribution < -0.4 is 5.73 Å². The van der Waals surface area contributed by atoms with Gasteiger partial charge in [-0.05, 0) is 38.1 Å². The molecule has 0 unspecified atom stereocenters. The minimum absolute atomic E-state index is 0.148. The second-order valence-electron chi connectivity index (χ2n) is 4.22. The van der Waals surface area contributed by atoms with E-state index in [1.807, 2.05) is 0 Å². The molecule has 16 heavy (non-hydrogen) atoms. The largest absolute Gasteiger partial charge is 0.397 e. The molecule has 2 rings (SSSR count). The Morgan fingerprint density at radius 3 is 2.81 bits per heavy atom. The van der Waals surface area contributed by atoms with Gasteiger partial charge in [-0.3, -0.25) is 0 Å². The minimum Gasteiger partial charge on any atom is -0.397 e. The number of fused-ring (bicyclic) bond motifs is 1. The number of rotatable bonds is 1. The fourth-order valence-electron chi connectivity index (χ4n) is 1.56. The number of hydrogen-bond donors (Lipinski definition) is 2. The molecule has 4 heteroatoms. The molecular formula is C12H13ClN2O. The Morgan fingerprint density at radius 2 is 2.19 bits per heavy atom. The number of anilines is 1. The van der Waals surface area contributed by atoms with Gasteiger partial charge in [-0.25, -0.2) is 4.98 Å². The first-order valence-electron chi connectivity index (χ1n) is 5.39. The molecule has 0 aliphatic heterocycles. The summed E-state index contributed by atoms with van der Waals surface area (Å²) in [6.07, 6.45) is 0. The summed E-state index contributed by atoms with van der Waals surface area (Å²) in [6.45, 7) is 3.18. The Balaban J connectivity index is 2.85. The molecule has 0 radical (unpaired) electrons. The number of nitrogens with two attached hydrogens (primary N) is 1. The van der Waals surface area contributed by atoms with Crippen molar-refractivity contribution in [3.05, 3.63) is 35.0 Å². The Bertz CT molecular complexity index is 593. The number of aromatic nitrogens is 1. The minimum atomic E-state index is -1.17. The second-order valence-corrected chi connectivity index (χ2v) is 4.66. The van der Waals surface area contributed by atoms with Crippen molar-refractivity contribution in [1.29, 1.82) is 0 Å². The fraction of sp³-hybridized carbons (Fsp3) is 0.250. The number of hydrogen-bond acceptors (Lipinski definition) is 3. The van der Waals surface area contributed by atoms with Crippen molar-refractivity contribution in [1.82, 2.24) is 4.98 Å². The van der Waals surface area contributed by atoms with Crippen molar-refractivity contribution in [2.45, 2.75) is 19.4 Å². The summed E-state index contributed by atoms with van der Waals surface area (Å²) in [7, 11) is 0. The summed E-state index contributed by atoms with van der Waals surface area (Å²) in [6, 6.07) is 5.21. The van der Waals surface area contributed by atoms with Crippen LogP contribution in [0.4, 0.5) is 5.69 Å². The maximum atomic E-state index is 9.96. The molecule has 0 aliphatic rings. The molecule has 1 heterocycles. The van der Waals surface area contributed by atoms with Gasteiger partial charge in [0.1, 0.15) is 5.60 Å². The molecule has 0 fully saturated rings. The summed E-state index contributed by atoms with van der Waals surface area (Å²) < 4.78 is 7.97. The van der Waals surface area contributed by atoms with Crippen molar-refractivity contribution in [3.8, 4) is 0 Å². The van der Waals surface area contributed by atoms with E-state index in [9.17, 15) is 5.11 Å². The van der Waals surface area contributed by atoms with Gasteiger partial charge in [0.25, 0.3) is 0 Å². The average Bonchev–Trinajstić information content (AvgIpc) is 2.22. The number of benzene rings is 1. The van der Waals surface area contributed by atoms with Gasteiger partial charge in [-0.15, -0.1) is 0 Å². The number of nitrogen functional groups attached to an aromatic ring is 1. The van der Waals surface area contributed by atoms with Gasteiger partial charge in [-0.2, -0.15) is 0 Å². The lowest BCUT2D eigenvalue weighted by Crippen LogP contribution is -2.19. The molecule has 0 saturated heterocycles. The van der Waals surface area contributed by atoms with Gasteiger partial charge in [0.05, 0.1) is 18.3 Å². The van der Waals surface area contributed by atoms with Crippen LogP contribution in [0.1, 0.15) is 20.9 Å². The van der Waals surface area contributed by atoms with Crippen molar-refractivity contribution >= 4 is 28.2 Å². The molecule has 2 aromatic rings. The van der Waals surface area contributed by atoms with Crippen molar-refractivity contribution in [3.63, 3.8) is 0 Å². The SMILES string of the molecule is [2H]c1c(N)c(C(C)(C)O)nc2ccc(Cl)cc12. The van der Waals surface area contributed by atoms with E-state index < -0.39 is 5.60 Å². The summed E-state index contributed by atoms with van der Waals surface area (Å²) in [5.41, 5.74) is 5.77. The molecule has 1 aromatic carbocycles. The molecule has 0 atom stereocenters. The molecule has 0 amide bonds. The Hall–Kier alpha value is -1.32. The van der Waals surface area contributed by atoms with Crippen molar-refractivity contribution in [2.75, 3.05) is 5.73 Å². The topological polar surface area (TPSA) is 59.1 Å². The molecule has 3 N–H and O–H groups in total. The Labute approximate surface area is 100 Å². The third-order valence-electron chi connectivity index (χ3n) is 2.29. The second kappa shape index (κ2) is 3.61. The van der Waals surface area contributed by atoms with Crippen molar-refractivity contribution < 1.29 is 6.48 Å². The summed E-state index contributed by atoms with van der Waals surface area (Å²) in [5, 5.41) is 11.1. The lowest BCUT2D eigenvalue weighted by atomic mass is 10.0. The molecular weight excluding hydrogens is 224 g/mol. The lowest BCUT2D eigenvalue weighted by molar-refractivity contribution is 0.0751. The van der Waals surface area contributed by atoms with Crippen LogP contribution in [0.3, 0.4) is 0 Å². The Morgan fingerprint density at radius 1 is 1.50 bits per heavy atom. The maximum absolute atomic E-state index is 9.96. The van der Waals surface area contributed by atoms with E-state index in [0.29, 0.717) is 21.6 Å². The zero-order valence-electron chi connectivity index (χ0n) is 10.1. The smallest absolute Gasteiger partial charge is 0.103 e. The van der Waals surface area contributed by atoms with Gasteiger partial charge in [0.2, 0.25) is 0 Å². The fourth-order valence-corrected chi connectivity index (χ4v) is 1.73. The van der Waals surface area contributed by atoms with E-state index >= 15 is 0 Å². The standard InChI is InChI=1S/C12H13ClN2O/c1-12(2,16)11-9(14)6-7-5-8(13)3-4-10(7)15-11/h3-6,16H,14H2,1-2H3/i6D. The van der Waals surface area contributed by atoms with Gasteiger partial charge in [0, 0.05) is 10.4 Å². The van der Waals surface area contributed by atoms with Gasteiger partial charge in [0.15, 0.2) is 0 Å². The summed E-state index contributed by atoms with van der Waals surface area (Å²) >= 11 is 5.87. The zero-order valence-corrected chi connectivity index (χ0v) is 9.84. The molecule has 0 aliphatic carbocycles. The quantitative estimate of drug-likeness (QED) is 0.802. The normalized spacial score (nSPS) is 12.9. The first-order chi connectivity index (χ1) is 7.80. The highest BCUT2D eigenvalue weighted by atomic mass is 35.5. The van der Waals surface area contributed by atoms with Gasteiger partial charge >= 0.3 is 0 Å². The monoisotopic (exact) mass is 237 g/mol. The summed E-state index contributed by atoms with van der Waals surface area (Å²) in [5.74, 6) is 0. The third kappa shape index (κ3) is 1.96. The Kier molecular flexibility index (Phi) is 2.23. The van der Waals surface area contributed by atoms with Crippen LogP contribution in [0, 0.1) is 0 Å². The summed E-state index contributed by atoms with van der Waals surface area (Å²) in [4.78, 5) is 4.29. The van der Waals surface area contributed by atoms with Crippen molar-refractivity contribution in [2.24, 2.45) is 0 Å². The van der Waals surface area contributed by atoms with Crippen LogP contribution in [0.25, 0.3) is 10.9 Å². The predicted molar refractivity (Wildman–Crippen MR) is 66.4 cm³/mol. The third-order valence-corrected chi connectivity index (χ3v) is 2.53. The van der Waals surface area contributed by atoms with E-state index in [-0.39, 0.29) is 11.7 Å². The number of nitrogens with zero attached hydrogens (tertiary/aromatic N) is 1. The number of aliphatic hydroxyl groups is 1. The highest BCUT2D eigenvalue weighted by Gasteiger charge is 2.21. The molecule has 3 nitrogen and oxygen atoms in total. The number of halogens is 1. The highest BCUT2D eigenvalue weighted by molar-refractivity contribution is 6.31. The van der Waals surface area contributed by atoms with Crippen LogP contribution in [-0.4, -0.2) is 10.1 Å². The first-order valence-corrected chi connectivity index (χ1v) is 5.26. The molecule has 84 valence electrons. The van der Waals surface area contributed by atoms with Gasteiger partial charge in [-0.1, -0.05) is 11.6 Å². The van der Waals surface area contributed by atoms with E-state index in [4.69, 9.17) is 18.7 Å². The van der Waals surface area contributed by atoms with Crippen LogP contribution in [0.15, 0.2) is 24.2 Å². The van der Waals surface area contributed by atoms with Gasteiger partial charge < -0.3 is 10.8 Å². The maximum Gasteiger partial charge on any atom is 0.103 e. The first kappa shape index (κ1) is 9.87. The van der Waals surface area contributed by atoms with E-state index in [2.05, 4.69) is 4.98 Å². The highest BCUT2D eigenvalue weighted by Crippen LogP contribution is 2.28. The molecule has 0 saturated carbocycles. The van der Waals surface area contributed by atoms with E-state index in [1.54, 1.807) is 32.0 Å². The lowest BCUT2D eigenvalue weighted by Gasteiger charge is -2.19. The molecule has 0 bridgehead atoms. The van der Waals surface area contributed by atoms with Crippen LogP contribution >= 0.6 is 11.6 Å². The average molecular weight is 238 g/mol. The van der Waals surface area contributed by atoms with Crippen LogP contribution in [0.5, 0.6) is 0 Å². The zero-order chi connectivity index (χ0) is 12.8. The van der Waals surface area contributed by atoms with Crippen LogP contribution in [-0.2, 0) is 5.60 Å². The van der Waals surface area contributed by atoms with Crippen LogP contribution in [0.2, 0.25) is 5.02 Å². The molecule has 0 spiro atoms. The number of pyridine rings is 1.